The van der Waals surface area contributed by atoms with Crippen molar-refractivity contribution in [3.8, 4) is 0 Å². The van der Waals surface area contributed by atoms with Crippen LogP contribution in [0.25, 0.3) is 0 Å². The van der Waals surface area contributed by atoms with Crippen LogP contribution in [0.15, 0.2) is 18.6 Å². The van der Waals surface area contributed by atoms with Crippen LogP contribution in [0.1, 0.15) is 28.8 Å². The monoisotopic (exact) mass is 342 g/mol. The molecule has 1 saturated heterocycles. The number of ether oxygens (including phenoxy) is 1. The normalized spacial score (nSPS) is 17.5. The first-order valence-electron chi connectivity index (χ1n) is 8.73. The minimum atomic E-state index is 0.0408. The van der Waals surface area contributed by atoms with Crippen molar-refractivity contribution in [2.24, 2.45) is 0 Å². The molecule has 0 aliphatic carbocycles. The van der Waals surface area contributed by atoms with Gasteiger partial charge in [0.05, 0.1) is 26.0 Å². The molecule has 2 aliphatic rings. The number of morpholine rings is 1. The molecule has 132 valence electrons. The molecular formula is C17H22N6O2. The number of aromatic nitrogens is 4. The van der Waals surface area contributed by atoms with Gasteiger partial charge in [-0.2, -0.15) is 0 Å². The van der Waals surface area contributed by atoms with E-state index in [2.05, 4.69) is 26.8 Å². The van der Waals surface area contributed by atoms with E-state index in [9.17, 15) is 4.79 Å². The predicted octanol–water partition coefficient (Wildman–Crippen LogP) is 0.728. The van der Waals surface area contributed by atoms with Crippen LogP contribution in [-0.2, 0) is 24.2 Å². The highest BCUT2D eigenvalue weighted by Gasteiger charge is 2.27. The maximum absolute atomic E-state index is 12.7. The van der Waals surface area contributed by atoms with Crippen molar-refractivity contribution < 1.29 is 9.53 Å². The average molecular weight is 342 g/mol. The molecule has 2 aromatic rings. The second-order valence-electron chi connectivity index (χ2n) is 6.28. The molecule has 1 fully saturated rings. The quantitative estimate of drug-likeness (QED) is 0.818. The summed E-state index contributed by atoms with van der Waals surface area (Å²) in [6.07, 6.45) is 6.36. The molecule has 0 N–H and O–H groups in total. The Hall–Kier alpha value is -2.48. The van der Waals surface area contributed by atoms with Crippen LogP contribution in [0, 0.1) is 0 Å². The highest BCUT2D eigenvalue weighted by Crippen LogP contribution is 2.19. The van der Waals surface area contributed by atoms with E-state index in [4.69, 9.17) is 4.74 Å². The number of aryl methyl sites for hydroxylation is 1. The van der Waals surface area contributed by atoms with Crippen molar-refractivity contribution in [1.29, 1.82) is 0 Å². The molecule has 0 atom stereocenters. The Morgan fingerprint density at radius 1 is 1.08 bits per heavy atom. The summed E-state index contributed by atoms with van der Waals surface area (Å²) < 4.78 is 7.35. The number of carbonyl (C=O) groups is 1. The van der Waals surface area contributed by atoms with Gasteiger partial charge in [0, 0.05) is 38.6 Å². The van der Waals surface area contributed by atoms with Crippen molar-refractivity contribution in [2.75, 3.05) is 37.7 Å². The predicted molar refractivity (Wildman–Crippen MR) is 91.4 cm³/mol. The van der Waals surface area contributed by atoms with Gasteiger partial charge in [0.25, 0.3) is 5.91 Å². The summed E-state index contributed by atoms with van der Waals surface area (Å²) in [5.41, 5.74) is 1.79. The van der Waals surface area contributed by atoms with Crippen LogP contribution < -0.4 is 4.90 Å². The van der Waals surface area contributed by atoms with Crippen LogP contribution in [-0.4, -0.2) is 63.2 Å². The molecule has 4 rings (SSSR count). The number of imidazole rings is 1. The SMILES string of the molecule is CCc1cnc(N2CCn3c(C(=O)N4CCOCC4)cnc3C2)nc1. The molecule has 8 heteroatoms. The van der Waals surface area contributed by atoms with E-state index in [0.717, 1.165) is 24.4 Å². The third-order valence-electron chi connectivity index (χ3n) is 4.76. The van der Waals surface area contributed by atoms with Crippen LogP contribution in [0.4, 0.5) is 5.95 Å². The topological polar surface area (TPSA) is 76.4 Å². The minimum absolute atomic E-state index is 0.0408. The molecule has 4 heterocycles. The second-order valence-corrected chi connectivity index (χ2v) is 6.28. The maximum atomic E-state index is 12.7. The zero-order chi connectivity index (χ0) is 17.2. The smallest absolute Gasteiger partial charge is 0.272 e. The summed E-state index contributed by atoms with van der Waals surface area (Å²) in [6.45, 7) is 6.66. The highest BCUT2D eigenvalue weighted by atomic mass is 16.5. The fourth-order valence-corrected chi connectivity index (χ4v) is 3.22. The first-order chi connectivity index (χ1) is 12.3. The van der Waals surface area contributed by atoms with Crippen molar-refractivity contribution in [2.45, 2.75) is 26.4 Å². The van der Waals surface area contributed by atoms with Gasteiger partial charge in [-0.05, 0) is 12.0 Å². The van der Waals surface area contributed by atoms with E-state index < -0.39 is 0 Å². The van der Waals surface area contributed by atoms with Crippen LogP contribution in [0.2, 0.25) is 0 Å². The standard InChI is InChI=1S/C17H22N6O2/c1-2-13-9-19-17(20-10-13)22-3-4-23-14(11-18-15(23)12-22)16(24)21-5-7-25-8-6-21/h9-11H,2-8,12H2,1H3. The molecule has 8 nitrogen and oxygen atoms in total. The molecule has 0 radical (unpaired) electrons. The van der Waals surface area contributed by atoms with Gasteiger partial charge >= 0.3 is 0 Å². The molecule has 1 amide bonds. The van der Waals surface area contributed by atoms with Gasteiger partial charge < -0.3 is 19.1 Å². The highest BCUT2D eigenvalue weighted by molar-refractivity contribution is 5.92. The molecular weight excluding hydrogens is 320 g/mol. The van der Waals surface area contributed by atoms with Gasteiger partial charge in [0.15, 0.2) is 0 Å². The fourth-order valence-electron chi connectivity index (χ4n) is 3.22. The summed E-state index contributed by atoms with van der Waals surface area (Å²) in [5.74, 6) is 1.64. The lowest BCUT2D eigenvalue weighted by Crippen LogP contribution is -2.42. The molecule has 25 heavy (non-hydrogen) atoms. The molecule has 2 aliphatic heterocycles. The van der Waals surface area contributed by atoms with E-state index in [1.54, 1.807) is 6.20 Å². The number of hydrogen-bond donors (Lipinski definition) is 0. The summed E-state index contributed by atoms with van der Waals surface area (Å²) in [6, 6.07) is 0. The number of amides is 1. The summed E-state index contributed by atoms with van der Waals surface area (Å²) >= 11 is 0. The van der Waals surface area contributed by atoms with Crippen molar-refractivity contribution in [3.05, 3.63) is 35.7 Å². The Balaban J connectivity index is 1.50. The average Bonchev–Trinajstić information content (AvgIpc) is 3.11. The van der Waals surface area contributed by atoms with E-state index in [-0.39, 0.29) is 5.91 Å². The van der Waals surface area contributed by atoms with Crippen LogP contribution in [0.5, 0.6) is 0 Å². The third kappa shape index (κ3) is 3.09. The Kier molecular flexibility index (Phi) is 4.35. The first-order valence-corrected chi connectivity index (χ1v) is 8.73. The molecule has 2 aromatic heterocycles. The van der Waals surface area contributed by atoms with Crippen molar-refractivity contribution in [1.82, 2.24) is 24.4 Å². The first kappa shape index (κ1) is 16.0. The van der Waals surface area contributed by atoms with Gasteiger partial charge in [-0.25, -0.2) is 15.0 Å². The van der Waals surface area contributed by atoms with E-state index >= 15 is 0 Å². The lowest BCUT2D eigenvalue weighted by Gasteiger charge is -2.30. The summed E-state index contributed by atoms with van der Waals surface area (Å²) in [4.78, 5) is 30.0. The number of hydrogen-bond acceptors (Lipinski definition) is 6. The molecule has 0 unspecified atom stereocenters. The lowest BCUT2D eigenvalue weighted by molar-refractivity contribution is 0.0295. The molecule has 0 spiro atoms. The van der Waals surface area contributed by atoms with E-state index in [0.29, 0.717) is 51.0 Å². The zero-order valence-electron chi connectivity index (χ0n) is 14.4. The van der Waals surface area contributed by atoms with Gasteiger partial charge in [-0.3, -0.25) is 4.79 Å². The number of anilines is 1. The third-order valence-corrected chi connectivity index (χ3v) is 4.76. The second kappa shape index (κ2) is 6.79. The van der Waals surface area contributed by atoms with Gasteiger partial charge in [0.2, 0.25) is 5.95 Å². The number of fused-ring (bicyclic) bond motifs is 1. The van der Waals surface area contributed by atoms with Crippen LogP contribution in [0.3, 0.4) is 0 Å². The molecule has 0 aromatic carbocycles. The minimum Gasteiger partial charge on any atom is -0.378 e. The number of nitrogens with zero attached hydrogens (tertiary/aromatic N) is 6. The van der Waals surface area contributed by atoms with Gasteiger partial charge in [-0.1, -0.05) is 6.92 Å². The summed E-state index contributed by atoms with van der Waals surface area (Å²) in [5, 5.41) is 0. The zero-order valence-corrected chi connectivity index (χ0v) is 14.4. The lowest BCUT2D eigenvalue weighted by atomic mass is 10.3. The maximum Gasteiger partial charge on any atom is 0.272 e. The van der Waals surface area contributed by atoms with Crippen LogP contribution >= 0.6 is 0 Å². The summed E-state index contributed by atoms with van der Waals surface area (Å²) in [7, 11) is 0. The van der Waals surface area contributed by atoms with E-state index in [1.807, 2.05) is 21.9 Å². The van der Waals surface area contributed by atoms with Gasteiger partial charge in [0.1, 0.15) is 11.5 Å². The van der Waals surface area contributed by atoms with Crippen molar-refractivity contribution in [3.63, 3.8) is 0 Å². The molecule has 0 saturated carbocycles. The Labute approximate surface area is 146 Å². The Morgan fingerprint density at radius 2 is 1.84 bits per heavy atom. The van der Waals surface area contributed by atoms with Gasteiger partial charge in [-0.15, -0.1) is 0 Å². The van der Waals surface area contributed by atoms with E-state index in [1.165, 1.54) is 0 Å². The number of carbonyl (C=O) groups excluding carboxylic acids is 1. The largest absolute Gasteiger partial charge is 0.378 e. The molecule has 0 bridgehead atoms. The Bertz CT molecular complexity index is 751. The van der Waals surface area contributed by atoms with Crippen molar-refractivity contribution >= 4 is 11.9 Å². The Morgan fingerprint density at radius 3 is 2.56 bits per heavy atom. The fraction of sp³-hybridized carbons (Fsp3) is 0.529. The number of rotatable bonds is 3.